The second-order valence-corrected chi connectivity index (χ2v) is 17.9. The van der Waals surface area contributed by atoms with Crippen molar-refractivity contribution >= 4 is 22.4 Å². The lowest BCUT2D eigenvalue weighted by Gasteiger charge is -2.38. The fraction of sp³-hybridized carbons (Fsp3) is 0.824. The molecule has 0 fully saturated rings. The molecule has 0 rings (SSSR count). The number of hydrogen-bond acceptors (Lipinski definition) is 3. The van der Waals surface area contributed by atoms with Gasteiger partial charge in [0.2, 0.25) is 0 Å². The number of methoxy groups -OCH3 is 1. The van der Waals surface area contributed by atoms with Gasteiger partial charge in [-0.2, -0.15) is 0 Å². The second kappa shape index (κ2) is 8.32. The van der Waals surface area contributed by atoms with E-state index in [2.05, 4.69) is 65.0 Å². The number of hydrogen-bond donors (Lipinski definition) is 0. The smallest absolute Gasteiger partial charge is 0.305 e. The van der Waals surface area contributed by atoms with Gasteiger partial charge >= 0.3 is 5.97 Å². The molecule has 0 aromatic rings. The predicted molar refractivity (Wildman–Crippen MR) is 99.1 cm³/mol. The topological polar surface area (TPSA) is 35.5 Å². The molecule has 0 amide bonds. The van der Waals surface area contributed by atoms with Gasteiger partial charge in [0, 0.05) is 6.42 Å². The molecule has 0 bridgehead atoms. The third-order valence-electron chi connectivity index (χ3n) is 3.93. The Morgan fingerprint density at radius 2 is 1.68 bits per heavy atom. The third kappa shape index (κ3) is 8.77. The highest BCUT2D eigenvalue weighted by Crippen LogP contribution is 2.37. The molecule has 0 radical (unpaired) electrons. The molecule has 0 aromatic heterocycles. The van der Waals surface area contributed by atoms with Crippen LogP contribution in [0.15, 0.2) is 0 Å². The van der Waals surface area contributed by atoms with Crippen LogP contribution < -0.4 is 0 Å². The average Bonchev–Trinajstić information content (AvgIpc) is 2.32. The van der Waals surface area contributed by atoms with Crippen LogP contribution in [0.1, 0.15) is 40.0 Å². The van der Waals surface area contributed by atoms with Gasteiger partial charge < -0.3 is 9.16 Å². The van der Waals surface area contributed by atoms with E-state index in [-0.39, 0.29) is 17.1 Å². The Morgan fingerprint density at radius 3 is 2.09 bits per heavy atom. The van der Waals surface area contributed by atoms with Gasteiger partial charge in [-0.25, -0.2) is 0 Å². The fourth-order valence-corrected chi connectivity index (χ4v) is 3.36. The summed E-state index contributed by atoms with van der Waals surface area (Å²) < 4.78 is 11.1. The van der Waals surface area contributed by atoms with Gasteiger partial charge in [-0.3, -0.25) is 4.79 Å². The molecule has 128 valence electrons. The maximum Gasteiger partial charge on any atom is 0.305 e. The highest BCUT2D eigenvalue weighted by Gasteiger charge is 2.38. The first-order valence-corrected chi connectivity index (χ1v) is 14.5. The number of rotatable bonds is 6. The molecule has 0 spiro atoms. The molecule has 0 N–H and O–H groups in total. The van der Waals surface area contributed by atoms with Crippen molar-refractivity contribution in [3.05, 3.63) is 0 Å². The summed E-state index contributed by atoms with van der Waals surface area (Å²) in [5.74, 6) is 3.19. The summed E-state index contributed by atoms with van der Waals surface area (Å²) in [6.45, 7) is 17.9. The Morgan fingerprint density at radius 1 is 1.14 bits per heavy atom. The van der Waals surface area contributed by atoms with E-state index >= 15 is 0 Å². The Bertz CT molecular complexity index is 420. The van der Waals surface area contributed by atoms with Gasteiger partial charge in [-0.15, -0.1) is 5.54 Å². The molecule has 0 aliphatic rings. The lowest BCUT2D eigenvalue weighted by molar-refractivity contribution is -0.140. The van der Waals surface area contributed by atoms with Gasteiger partial charge in [0.1, 0.15) is 14.2 Å². The van der Waals surface area contributed by atoms with Gasteiger partial charge in [0.25, 0.3) is 0 Å². The third-order valence-corrected chi connectivity index (χ3v) is 9.31. The summed E-state index contributed by atoms with van der Waals surface area (Å²) in [5.41, 5.74) is 3.42. The Hall–Kier alpha value is -0.576. The van der Waals surface area contributed by atoms with Crippen LogP contribution in [0.2, 0.25) is 37.8 Å². The molecular weight excluding hydrogens is 308 g/mol. The maximum atomic E-state index is 11.3. The first-order chi connectivity index (χ1) is 9.78. The van der Waals surface area contributed by atoms with Crippen LogP contribution in [0.3, 0.4) is 0 Å². The van der Waals surface area contributed by atoms with Crippen LogP contribution in [0.25, 0.3) is 0 Å². The van der Waals surface area contributed by atoms with Gasteiger partial charge in [-0.05, 0) is 31.0 Å². The SMILES string of the molecule is COC(=O)CCC[C@@H](C#C[Si](C)(C)C)O[Si](C)(C)C(C)(C)C. The quantitative estimate of drug-likeness (QED) is 0.402. The lowest BCUT2D eigenvalue weighted by Crippen LogP contribution is -2.43. The molecule has 5 heteroatoms. The van der Waals surface area contributed by atoms with Crippen molar-refractivity contribution in [2.75, 3.05) is 7.11 Å². The van der Waals surface area contributed by atoms with Gasteiger partial charge in [0.05, 0.1) is 7.11 Å². The number of carbonyl (C=O) groups is 1. The van der Waals surface area contributed by atoms with Crippen LogP contribution >= 0.6 is 0 Å². The molecule has 0 unspecified atom stereocenters. The van der Waals surface area contributed by atoms with E-state index in [1.54, 1.807) is 0 Å². The molecule has 3 nitrogen and oxygen atoms in total. The largest absolute Gasteiger partial charge is 0.469 e. The zero-order valence-corrected chi connectivity index (χ0v) is 17.9. The minimum absolute atomic E-state index is 0.0720. The van der Waals surface area contributed by atoms with Crippen molar-refractivity contribution < 1.29 is 14.0 Å². The molecule has 22 heavy (non-hydrogen) atoms. The molecule has 0 aromatic carbocycles. The van der Waals surface area contributed by atoms with Gasteiger partial charge in [-0.1, -0.05) is 46.3 Å². The van der Waals surface area contributed by atoms with E-state index in [9.17, 15) is 4.79 Å². The summed E-state index contributed by atoms with van der Waals surface area (Å²) in [7, 11) is -1.85. The standard InChI is InChI=1S/C17H34O3Si2/c1-17(2,3)22(8,9)20-15(13-14-21(5,6)7)11-10-12-16(18)19-4/h15H,10-12H2,1-9H3/t15-/m0/s1. The van der Waals surface area contributed by atoms with E-state index in [0.717, 1.165) is 12.8 Å². The minimum atomic E-state index is -1.85. The number of carbonyl (C=O) groups excluding carboxylic acids is 1. The van der Waals surface area contributed by atoms with Crippen LogP contribution in [0.5, 0.6) is 0 Å². The van der Waals surface area contributed by atoms with E-state index in [1.165, 1.54) is 7.11 Å². The first-order valence-electron chi connectivity index (χ1n) is 8.06. The zero-order valence-electron chi connectivity index (χ0n) is 15.9. The number of ether oxygens (including phenoxy) is 1. The average molecular weight is 343 g/mol. The summed E-state index contributed by atoms with van der Waals surface area (Å²) in [6, 6.07) is 0. The van der Waals surface area contributed by atoms with Crippen LogP contribution in [-0.4, -0.2) is 35.6 Å². The Balaban J connectivity index is 4.94. The highest BCUT2D eigenvalue weighted by atomic mass is 28.4. The minimum Gasteiger partial charge on any atom is -0.469 e. The predicted octanol–water partition coefficient (Wildman–Crippen LogP) is 4.60. The van der Waals surface area contributed by atoms with Crippen molar-refractivity contribution in [1.82, 2.24) is 0 Å². The van der Waals surface area contributed by atoms with Crippen LogP contribution in [0, 0.1) is 11.5 Å². The van der Waals surface area contributed by atoms with Gasteiger partial charge in [0.15, 0.2) is 8.32 Å². The first kappa shape index (κ1) is 21.4. The van der Waals surface area contributed by atoms with Crippen molar-refractivity contribution in [2.45, 2.75) is 83.9 Å². The molecule has 1 atom stereocenters. The van der Waals surface area contributed by atoms with Crippen molar-refractivity contribution in [3.8, 4) is 11.5 Å². The lowest BCUT2D eigenvalue weighted by atomic mass is 10.1. The Labute approximate surface area is 139 Å². The normalized spacial score (nSPS) is 14.0. The van der Waals surface area contributed by atoms with E-state index < -0.39 is 16.4 Å². The highest BCUT2D eigenvalue weighted by molar-refractivity contribution is 6.83. The molecular formula is C17H34O3Si2. The molecule has 0 heterocycles. The molecule has 0 aliphatic heterocycles. The van der Waals surface area contributed by atoms with Crippen LogP contribution in [-0.2, 0) is 14.0 Å². The summed E-state index contributed by atoms with van der Waals surface area (Å²) in [5, 5.41) is 0.161. The summed E-state index contributed by atoms with van der Waals surface area (Å²) in [6.07, 6.45) is 1.91. The fourth-order valence-electron chi connectivity index (χ4n) is 1.52. The van der Waals surface area contributed by atoms with E-state index in [0.29, 0.717) is 6.42 Å². The summed E-state index contributed by atoms with van der Waals surface area (Å²) in [4.78, 5) is 11.3. The maximum absolute atomic E-state index is 11.3. The Kier molecular flexibility index (Phi) is 8.11. The van der Waals surface area contributed by atoms with E-state index in [1.807, 2.05) is 0 Å². The number of esters is 1. The molecule has 0 saturated carbocycles. The second-order valence-electron chi connectivity index (χ2n) is 8.35. The van der Waals surface area contributed by atoms with Crippen molar-refractivity contribution in [3.63, 3.8) is 0 Å². The molecule has 0 aliphatic carbocycles. The zero-order chi connectivity index (χ0) is 17.6. The van der Waals surface area contributed by atoms with E-state index in [4.69, 9.17) is 9.16 Å². The molecule has 0 saturated heterocycles. The summed E-state index contributed by atoms with van der Waals surface area (Å²) >= 11 is 0. The van der Waals surface area contributed by atoms with Crippen molar-refractivity contribution in [2.24, 2.45) is 0 Å². The van der Waals surface area contributed by atoms with Crippen molar-refractivity contribution in [1.29, 1.82) is 0 Å². The monoisotopic (exact) mass is 342 g/mol. The van der Waals surface area contributed by atoms with Crippen LogP contribution in [0.4, 0.5) is 0 Å².